The minimum absolute atomic E-state index is 0.394. The molecule has 0 atom stereocenters. The maximum atomic E-state index is 12.6. The van der Waals surface area contributed by atoms with Crippen LogP contribution in [0.25, 0.3) is 11.2 Å². The minimum atomic E-state index is -0.464. The smallest absolute Gasteiger partial charge is 0.329 e. The van der Waals surface area contributed by atoms with E-state index in [0.717, 1.165) is 32.4 Å². The van der Waals surface area contributed by atoms with Gasteiger partial charge in [0.25, 0.3) is 5.56 Å². The summed E-state index contributed by atoms with van der Waals surface area (Å²) in [5.74, 6) is 1.34. The first-order valence-electron chi connectivity index (χ1n) is 10.2. The summed E-state index contributed by atoms with van der Waals surface area (Å²) in [4.78, 5) is 33.9. The molecule has 7 nitrogen and oxygen atoms in total. The van der Waals surface area contributed by atoms with Gasteiger partial charge in [0, 0.05) is 31.7 Å². The van der Waals surface area contributed by atoms with E-state index < -0.39 is 11.2 Å². The summed E-state index contributed by atoms with van der Waals surface area (Å²) in [5.41, 5.74) is 1.27. The Bertz CT molecular complexity index is 1180. The first-order valence-corrected chi connectivity index (χ1v) is 10.6. The van der Waals surface area contributed by atoms with Crippen molar-refractivity contribution >= 4 is 28.7 Å². The zero-order valence-corrected chi connectivity index (χ0v) is 18.0. The van der Waals surface area contributed by atoms with Crippen molar-refractivity contribution in [2.75, 3.05) is 18.0 Å². The number of imidazole rings is 1. The number of piperidine rings is 1. The molecule has 1 N–H and O–H groups in total. The number of aromatic nitrogens is 4. The van der Waals surface area contributed by atoms with Gasteiger partial charge in [-0.2, -0.15) is 4.98 Å². The summed E-state index contributed by atoms with van der Waals surface area (Å²) in [7, 11) is 1.62. The van der Waals surface area contributed by atoms with Crippen LogP contribution in [0.2, 0.25) is 0 Å². The summed E-state index contributed by atoms with van der Waals surface area (Å²) < 4.78 is 3.24. The van der Waals surface area contributed by atoms with Crippen LogP contribution in [0.3, 0.4) is 0 Å². The van der Waals surface area contributed by atoms with Crippen LogP contribution in [0.1, 0.15) is 25.3 Å². The number of halogens is 1. The van der Waals surface area contributed by atoms with Crippen LogP contribution >= 0.6 is 11.6 Å². The average Bonchev–Trinajstić information content (AvgIpc) is 3.12. The van der Waals surface area contributed by atoms with Gasteiger partial charge in [-0.15, -0.1) is 0 Å². The van der Waals surface area contributed by atoms with Crippen molar-refractivity contribution in [3.8, 4) is 0 Å². The Hall–Kier alpha value is -2.80. The normalized spacial score (nSPS) is 15.8. The number of rotatable bonds is 5. The minimum Gasteiger partial charge on any atom is -0.342 e. The van der Waals surface area contributed by atoms with Crippen LogP contribution in [0.15, 0.2) is 51.0 Å². The molecule has 8 heteroatoms. The molecule has 4 rings (SSSR count). The lowest BCUT2D eigenvalue weighted by Gasteiger charge is -2.33. The molecule has 0 radical (unpaired) electrons. The van der Waals surface area contributed by atoms with Crippen molar-refractivity contribution in [1.29, 1.82) is 0 Å². The van der Waals surface area contributed by atoms with E-state index in [2.05, 4.69) is 34.1 Å². The molecule has 0 unspecified atom stereocenters. The molecule has 158 valence electrons. The molecule has 1 aromatic carbocycles. The first-order chi connectivity index (χ1) is 14.4. The van der Waals surface area contributed by atoms with Crippen molar-refractivity contribution in [2.45, 2.75) is 32.7 Å². The Morgan fingerprint density at radius 3 is 2.60 bits per heavy atom. The van der Waals surface area contributed by atoms with Gasteiger partial charge in [-0.25, -0.2) is 4.79 Å². The van der Waals surface area contributed by atoms with Gasteiger partial charge in [0.05, 0.1) is 0 Å². The number of aryl methyl sites for hydroxylation is 1. The van der Waals surface area contributed by atoms with Crippen LogP contribution in [0.4, 0.5) is 5.95 Å². The molecule has 0 bridgehead atoms. The van der Waals surface area contributed by atoms with Crippen molar-refractivity contribution < 1.29 is 0 Å². The maximum Gasteiger partial charge on any atom is 0.329 e. The predicted molar refractivity (Wildman–Crippen MR) is 120 cm³/mol. The average molecular weight is 428 g/mol. The summed E-state index contributed by atoms with van der Waals surface area (Å²) in [6, 6.07) is 10.6. The quantitative estimate of drug-likeness (QED) is 0.679. The lowest BCUT2D eigenvalue weighted by molar-refractivity contribution is 0.399. The Morgan fingerprint density at radius 2 is 1.93 bits per heavy atom. The van der Waals surface area contributed by atoms with E-state index in [-0.39, 0.29) is 0 Å². The van der Waals surface area contributed by atoms with Crippen LogP contribution in [0.5, 0.6) is 0 Å². The Morgan fingerprint density at radius 1 is 1.23 bits per heavy atom. The van der Waals surface area contributed by atoms with Crippen LogP contribution < -0.4 is 16.1 Å². The van der Waals surface area contributed by atoms with E-state index in [9.17, 15) is 9.59 Å². The number of nitrogens with zero attached hydrogens (tertiary/aromatic N) is 4. The fourth-order valence-corrected chi connectivity index (χ4v) is 4.21. The van der Waals surface area contributed by atoms with Gasteiger partial charge in [0.15, 0.2) is 11.2 Å². The Kier molecular flexibility index (Phi) is 5.81. The number of nitrogens with one attached hydrogen (secondary N) is 1. The standard InChI is InChI=1S/C22H26ClN5O2/c1-15(23)8-13-28-18-19(26(2)22(30)25-20(18)29)24-21(28)27-11-9-17(10-12-27)14-16-6-4-3-5-7-16/h3-8,17H,9-14H2,1-2H3,(H,25,29,30)/b15-8-. The maximum absolute atomic E-state index is 12.6. The van der Waals surface area contributed by atoms with Gasteiger partial charge in [0.1, 0.15) is 0 Å². The number of aromatic amines is 1. The van der Waals surface area contributed by atoms with Gasteiger partial charge < -0.3 is 9.47 Å². The number of hydrogen-bond acceptors (Lipinski definition) is 4. The molecule has 30 heavy (non-hydrogen) atoms. The summed E-state index contributed by atoms with van der Waals surface area (Å²) in [6.07, 6.45) is 5.03. The Balaban J connectivity index is 1.64. The van der Waals surface area contributed by atoms with Crippen LogP contribution in [-0.4, -0.2) is 32.2 Å². The number of H-pyrrole nitrogens is 1. The second-order valence-corrected chi connectivity index (χ2v) is 8.52. The highest BCUT2D eigenvalue weighted by Crippen LogP contribution is 2.27. The number of hydrogen-bond donors (Lipinski definition) is 1. The third kappa shape index (κ3) is 4.07. The molecule has 1 aliphatic rings. The fraction of sp³-hybridized carbons (Fsp3) is 0.409. The molecule has 1 fully saturated rings. The Labute approximate surface area is 179 Å². The van der Waals surface area contributed by atoms with Gasteiger partial charge in [0.2, 0.25) is 5.95 Å². The molecule has 3 heterocycles. The molecule has 0 amide bonds. The molecule has 1 aliphatic heterocycles. The molecular weight excluding hydrogens is 402 g/mol. The molecule has 2 aromatic heterocycles. The van der Waals surface area contributed by atoms with Crippen LogP contribution in [-0.2, 0) is 20.0 Å². The molecule has 0 aliphatic carbocycles. The summed E-state index contributed by atoms with van der Waals surface area (Å²) >= 11 is 6.05. The number of allylic oxidation sites excluding steroid dienone is 2. The van der Waals surface area contributed by atoms with E-state index in [1.54, 1.807) is 14.0 Å². The predicted octanol–water partition coefficient (Wildman–Crippen LogP) is 3.03. The van der Waals surface area contributed by atoms with E-state index in [0.29, 0.717) is 34.6 Å². The highest BCUT2D eigenvalue weighted by atomic mass is 35.5. The van der Waals surface area contributed by atoms with Gasteiger partial charge in [-0.3, -0.25) is 14.3 Å². The van der Waals surface area contributed by atoms with Crippen molar-refractivity contribution in [2.24, 2.45) is 13.0 Å². The first kappa shape index (κ1) is 20.5. The monoisotopic (exact) mass is 427 g/mol. The third-order valence-corrected chi connectivity index (χ3v) is 5.96. The molecule has 0 saturated carbocycles. The fourth-order valence-electron chi connectivity index (χ4n) is 4.14. The van der Waals surface area contributed by atoms with Gasteiger partial charge >= 0.3 is 5.69 Å². The second-order valence-electron chi connectivity index (χ2n) is 7.92. The zero-order chi connectivity index (χ0) is 21.3. The number of fused-ring (bicyclic) bond motifs is 1. The van der Waals surface area contributed by atoms with Gasteiger partial charge in [-0.1, -0.05) is 48.0 Å². The lowest BCUT2D eigenvalue weighted by Crippen LogP contribution is -2.36. The molecule has 3 aromatic rings. The highest BCUT2D eigenvalue weighted by molar-refractivity contribution is 6.29. The van der Waals surface area contributed by atoms with Gasteiger partial charge in [-0.05, 0) is 37.7 Å². The summed E-state index contributed by atoms with van der Waals surface area (Å²) in [6.45, 7) is 3.94. The van der Waals surface area contributed by atoms with E-state index in [1.807, 2.05) is 16.7 Å². The molecule has 1 saturated heterocycles. The number of benzene rings is 1. The van der Waals surface area contributed by atoms with Crippen molar-refractivity contribution in [3.05, 3.63) is 67.8 Å². The van der Waals surface area contributed by atoms with Crippen molar-refractivity contribution in [3.63, 3.8) is 0 Å². The third-order valence-electron chi connectivity index (χ3n) is 5.81. The lowest BCUT2D eigenvalue weighted by atomic mass is 9.90. The molecular formula is C22H26ClN5O2. The van der Waals surface area contributed by atoms with Crippen molar-refractivity contribution in [1.82, 2.24) is 19.1 Å². The summed E-state index contributed by atoms with van der Waals surface area (Å²) in [5, 5.41) is 0.644. The molecule has 0 spiro atoms. The SMILES string of the molecule is C/C(Cl)=C/Cn1c(N2CCC(Cc3ccccc3)CC2)nc2c1c(=O)[nH]c(=O)n2C. The largest absolute Gasteiger partial charge is 0.342 e. The van der Waals surface area contributed by atoms with E-state index >= 15 is 0 Å². The van der Waals surface area contributed by atoms with Crippen LogP contribution in [0, 0.1) is 5.92 Å². The van der Waals surface area contributed by atoms with E-state index in [4.69, 9.17) is 16.6 Å². The topological polar surface area (TPSA) is 75.9 Å². The second kappa shape index (κ2) is 8.52. The van der Waals surface area contributed by atoms with E-state index in [1.165, 1.54) is 10.1 Å². The number of anilines is 1. The highest BCUT2D eigenvalue weighted by Gasteiger charge is 2.25. The zero-order valence-electron chi connectivity index (χ0n) is 17.3.